The van der Waals surface area contributed by atoms with E-state index in [0.29, 0.717) is 5.56 Å². The minimum absolute atomic E-state index is 0.200. The van der Waals surface area contributed by atoms with Crippen molar-refractivity contribution in [2.75, 3.05) is 7.11 Å². The van der Waals surface area contributed by atoms with E-state index in [0.717, 1.165) is 17.0 Å². The molecular weight excluding hydrogens is 230 g/mol. The molecule has 0 bridgehead atoms. The van der Waals surface area contributed by atoms with E-state index in [-0.39, 0.29) is 5.56 Å². The van der Waals surface area contributed by atoms with Crippen LogP contribution in [-0.4, -0.2) is 23.2 Å². The molecule has 2 aromatic rings. The van der Waals surface area contributed by atoms with Crippen LogP contribution in [0.25, 0.3) is 11.1 Å². The fraction of sp³-hybridized carbons (Fsp3) is 0.143. The fourth-order valence-electron chi connectivity index (χ4n) is 1.74. The van der Waals surface area contributed by atoms with Gasteiger partial charge >= 0.3 is 5.97 Å². The number of carboxylic acid groups (broad SMARTS) is 1. The van der Waals surface area contributed by atoms with Gasteiger partial charge in [0.25, 0.3) is 0 Å². The number of nitrogens with zero attached hydrogens (tertiary/aromatic N) is 1. The number of carboxylic acids is 1. The second-order valence-corrected chi connectivity index (χ2v) is 3.90. The number of carbonyl (C=O) groups is 1. The van der Waals surface area contributed by atoms with Gasteiger partial charge in [0.15, 0.2) is 0 Å². The quantitative estimate of drug-likeness (QED) is 0.900. The van der Waals surface area contributed by atoms with E-state index in [1.807, 2.05) is 19.1 Å². The Morgan fingerprint density at radius 3 is 2.50 bits per heavy atom. The van der Waals surface area contributed by atoms with Gasteiger partial charge in [-0.3, -0.25) is 4.98 Å². The molecule has 0 saturated carbocycles. The van der Waals surface area contributed by atoms with Crippen molar-refractivity contribution in [1.82, 2.24) is 4.98 Å². The third-order valence-electron chi connectivity index (χ3n) is 2.67. The molecule has 0 spiro atoms. The Bertz CT molecular complexity index is 576. The zero-order valence-electron chi connectivity index (χ0n) is 10.2. The van der Waals surface area contributed by atoms with E-state index in [1.54, 1.807) is 25.3 Å². The average molecular weight is 243 g/mol. The molecule has 0 atom stereocenters. The van der Waals surface area contributed by atoms with Crippen molar-refractivity contribution in [3.63, 3.8) is 0 Å². The van der Waals surface area contributed by atoms with Crippen LogP contribution in [0.2, 0.25) is 0 Å². The summed E-state index contributed by atoms with van der Waals surface area (Å²) >= 11 is 0. The van der Waals surface area contributed by atoms with Crippen molar-refractivity contribution in [2.45, 2.75) is 6.92 Å². The summed E-state index contributed by atoms with van der Waals surface area (Å²) in [6.45, 7) is 1.83. The summed E-state index contributed by atoms with van der Waals surface area (Å²) in [5.41, 5.74) is 2.48. The first kappa shape index (κ1) is 12.1. The van der Waals surface area contributed by atoms with Gasteiger partial charge in [-0.15, -0.1) is 0 Å². The maximum atomic E-state index is 11.2. The Kier molecular flexibility index (Phi) is 3.28. The van der Waals surface area contributed by atoms with Crippen molar-refractivity contribution in [3.05, 3.63) is 47.8 Å². The van der Waals surface area contributed by atoms with Crippen LogP contribution in [-0.2, 0) is 0 Å². The molecule has 0 aliphatic heterocycles. The highest BCUT2D eigenvalue weighted by Gasteiger charge is 2.12. The van der Waals surface area contributed by atoms with Gasteiger partial charge in [-0.2, -0.15) is 0 Å². The maximum absolute atomic E-state index is 11.2. The monoisotopic (exact) mass is 243 g/mol. The van der Waals surface area contributed by atoms with Gasteiger partial charge < -0.3 is 9.84 Å². The Labute approximate surface area is 105 Å². The molecule has 0 radical (unpaired) electrons. The van der Waals surface area contributed by atoms with Crippen LogP contribution in [0, 0.1) is 6.92 Å². The van der Waals surface area contributed by atoms with Gasteiger partial charge in [0, 0.05) is 11.9 Å². The van der Waals surface area contributed by atoms with Crippen LogP contribution in [0.4, 0.5) is 0 Å². The third kappa shape index (κ3) is 2.32. The van der Waals surface area contributed by atoms with Crippen LogP contribution in [0.1, 0.15) is 16.1 Å². The lowest BCUT2D eigenvalue weighted by Gasteiger charge is -2.08. The van der Waals surface area contributed by atoms with E-state index < -0.39 is 5.97 Å². The van der Waals surface area contributed by atoms with Crippen molar-refractivity contribution in [1.29, 1.82) is 0 Å². The molecule has 4 heteroatoms. The summed E-state index contributed by atoms with van der Waals surface area (Å²) in [5, 5.41) is 9.15. The molecule has 0 unspecified atom stereocenters. The number of methoxy groups -OCH3 is 1. The number of hydrogen-bond acceptors (Lipinski definition) is 3. The fourth-order valence-corrected chi connectivity index (χ4v) is 1.74. The highest BCUT2D eigenvalue weighted by atomic mass is 16.5. The predicted octanol–water partition coefficient (Wildman–Crippen LogP) is 2.76. The van der Waals surface area contributed by atoms with Gasteiger partial charge in [-0.05, 0) is 36.2 Å². The number of aromatic nitrogens is 1. The molecular formula is C14H13NO3. The average Bonchev–Trinajstić information content (AvgIpc) is 2.38. The smallest absolute Gasteiger partial charge is 0.337 e. The highest BCUT2D eigenvalue weighted by Crippen LogP contribution is 2.26. The number of hydrogen-bond donors (Lipinski definition) is 1. The summed E-state index contributed by atoms with van der Waals surface area (Å²) in [4.78, 5) is 15.2. The number of aromatic carboxylic acids is 1. The summed E-state index contributed by atoms with van der Waals surface area (Å²) in [5.74, 6) is -0.241. The Hall–Kier alpha value is -2.36. The normalized spacial score (nSPS) is 10.1. The molecule has 0 aliphatic rings. The molecule has 0 aliphatic carbocycles. The molecule has 1 aromatic heterocycles. The van der Waals surface area contributed by atoms with Gasteiger partial charge in [-0.1, -0.05) is 12.1 Å². The SMILES string of the molecule is COc1ccc(-c2cc(C)ncc2C(=O)O)cc1. The molecule has 0 fully saturated rings. The molecule has 0 amide bonds. The zero-order chi connectivity index (χ0) is 13.1. The minimum Gasteiger partial charge on any atom is -0.497 e. The van der Waals surface area contributed by atoms with Gasteiger partial charge in [0.2, 0.25) is 0 Å². The first-order valence-electron chi connectivity index (χ1n) is 5.46. The molecule has 4 nitrogen and oxygen atoms in total. The highest BCUT2D eigenvalue weighted by molar-refractivity contribution is 5.95. The lowest BCUT2D eigenvalue weighted by atomic mass is 10.0. The minimum atomic E-state index is -0.978. The Morgan fingerprint density at radius 2 is 1.94 bits per heavy atom. The first-order chi connectivity index (χ1) is 8.61. The van der Waals surface area contributed by atoms with Crippen LogP contribution >= 0.6 is 0 Å². The lowest BCUT2D eigenvalue weighted by molar-refractivity contribution is 0.0697. The van der Waals surface area contributed by atoms with Gasteiger partial charge in [0.05, 0.1) is 12.7 Å². The molecule has 0 saturated heterocycles. The topological polar surface area (TPSA) is 59.4 Å². The summed E-state index contributed by atoms with van der Waals surface area (Å²) < 4.78 is 5.08. The molecule has 18 heavy (non-hydrogen) atoms. The van der Waals surface area contributed by atoms with Crippen LogP contribution in [0.3, 0.4) is 0 Å². The Balaban J connectivity index is 2.54. The van der Waals surface area contributed by atoms with E-state index in [1.165, 1.54) is 6.20 Å². The number of benzene rings is 1. The number of aryl methyl sites for hydroxylation is 1. The maximum Gasteiger partial charge on any atom is 0.337 e. The van der Waals surface area contributed by atoms with Crippen LogP contribution in [0.5, 0.6) is 5.75 Å². The van der Waals surface area contributed by atoms with Crippen molar-refractivity contribution in [3.8, 4) is 16.9 Å². The number of ether oxygens (including phenoxy) is 1. The zero-order valence-corrected chi connectivity index (χ0v) is 10.2. The van der Waals surface area contributed by atoms with E-state index in [4.69, 9.17) is 9.84 Å². The first-order valence-corrected chi connectivity index (χ1v) is 5.46. The van der Waals surface area contributed by atoms with Crippen LogP contribution in [0.15, 0.2) is 36.5 Å². The molecule has 2 rings (SSSR count). The van der Waals surface area contributed by atoms with E-state index in [9.17, 15) is 4.79 Å². The van der Waals surface area contributed by atoms with Crippen molar-refractivity contribution in [2.24, 2.45) is 0 Å². The molecule has 92 valence electrons. The van der Waals surface area contributed by atoms with E-state index in [2.05, 4.69) is 4.98 Å². The number of pyridine rings is 1. The Morgan fingerprint density at radius 1 is 1.28 bits per heavy atom. The number of rotatable bonds is 3. The summed E-state index contributed by atoms with van der Waals surface area (Å²) in [7, 11) is 1.59. The van der Waals surface area contributed by atoms with E-state index >= 15 is 0 Å². The standard InChI is InChI=1S/C14H13NO3/c1-9-7-12(13(8-15-9)14(16)17)10-3-5-11(18-2)6-4-10/h3-8H,1-2H3,(H,16,17). The summed E-state index contributed by atoms with van der Waals surface area (Å²) in [6, 6.07) is 9.04. The molecule has 1 N–H and O–H groups in total. The second kappa shape index (κ2) is 4.87. The molecule has 1 aromatic carbocycles. The second-order valence-electron chi connectivity index (χ2n) is 3.90. The predicted molar refractivity (Wildman–Crippen MR) is 67.9 cm³/mol. The van der Waals surface area contributed by atoms with Crippen molar-refractivity contribution < 1.29 is 14.6 Å². The van der Waals surface area contributed by atoms with Gasteiger partial charge in [0.1, 0.15) is 5.75 Å². The van der Waals surface area contributed by atoms with Gasteiger partial charge in [-0.25, -0.2) is 4.79 Å². The third-order valence-corrected chi connectivity index (χ3v) is 2.67. The summed E-state index contributed by atoms with van der Waals surface area (Å²) in [6.07, 6.45) is 1.39. The largest absolute Gasteiger partial charge is 0.497 e. The van der Waals surface area contributed by atoms with Crippen LogP contribution < -0.4 is 4.74 Å². The molecule has 1 heterocycles. The lowest BCUT2D eigenvalue weighted by Crippen LogP contribution is -2.01. The van der Waals surface area contributed by atoms with Crippen molar-refractivity contribution >= 4 is 5.97 Å².